The van der Waals surface area contributed by atoms with Crippen molar-refractivity contribution < 1.29 is 0 Å². The van der Waals surface area contributed by atoms with Gasteiger partial charge >= 0.3 is 0 Å². The van der Waals surface area contributed by atoms with E-state index in [1.165, 1.54) is 57.5 Å². The van der Waals surface area contributed by atoms with Crippen LogP contribution in [-0.2, 0) is 0 Å². The molecule has 0 bridgehead atoms. The van der Waals surface area contributed by atoms with E-state index >= 15 is 0 Å². The van der Waals surface area contributed by atoms with Gasteiger partial charge in [0.2, 0.25) is 0 Å². The van der Waals surface area contributed by atoms with Crippen LogP contribution in [0.3, 0.4) is 0 Å². The highest BCUT2D eigenvalue weighted by molar-refractivity contribution is 7.73. The molecule has 5 rings (SSSR count). The molecular formula is C30H42P2. The van der Waals surface area contributed by atoms with Crippen molar-refractivity contribution >= 4 is 26.5 Å². The molecule has 2 heteroatoms. The molecule has 0 heterocycles. The van der Waals surface area contributed by atoms with Crippen LogP contribution < -0.4 is 10.6 Å². The minimum Gasteiger partial charge on any atom is -0.0969 e. The first-order chi connectivity index (χ1) is 15.9. The molecule has 32 heavy (non-hydrogen) atoms. The van der Waals surface area contributed by atoms with Crippen LogP contribution in [0.1, 0.15) is 83.5 Å². The third-order valence-electron chi connectivity index (χ3n) is 8.55. The van der Waals surface area contributed by atoms with Crippen LogP contribution >= 0.6 is 15.8 Å². The molecule has 0 saturated heterocycles. The summed E-state index contributed by atoms with van der Waals surface area (Å²) in [4.78, 5) is 0. The zero-order chi connectivity index (χ0) is 21.6. The molecule has 3 saturated carbocycles. The van der Waals surface area contributed by atoms with E-state index in [2.05, 4.69) is 60.7 Å². The minimum absolute atomic E-state index is 0.205. The van der Waals surface area contributed by atoms with E-state index in [1.54, 1.807) is 42.7 Å². The van der Waals surface area contributed by atoms with Crippen molar-refractivity contribution in [3.05, 3.63) is 60.7 Å². The van der Waals surface area contributed by atoms with E-state index in [0.717, 1.165) is 22.9 Å². The number of hydrogen-bond donors (Lipinski definition) is 0. The summed E-state index contributed by atoms with van der Waals surface area (Å²) in [5.41, 5.74) is 3.27. The molecule has 0 N–H and O–H groups in total. The highest BCUT2D eigenvalue weighted by Crippen LogP contribution is 2.64. The predicted octanol–water partition coefficient (Wildman–Crippen LogP) is 8.44. The predicted molar refractivity (Wildman–Crippen MR) is 146 cm³/mol. The summed E-state index contributed by atoms with van der Waals surface area (Å²) in [7, 11) is -0.0333. The summed E-state index contributed by atoms with van der Waals surface area (Å²) >= 11 is 0. The van der Waals surface area contributed by atoms with Crippen molar-refractivity contribution in [1.29, 1.82) is 0 Å². The van der Waals surface area contributed by atoms with Gasteiger partial charge in [-0.15, -0.1) is 0 Å². The fourth-order valence-electron chi connectivity index (χ4n) is 7.03. The maximum absolute atomic E-state index is 2.41. The molecule has 0 aromatic heterocycles. The van der Waals surface area contributed by atoms with Crippen LogP contribution in [0, 0.1) is 5.92 Å². The molecule has 0 aliphatic heterocycles. The fraction of sp³-hybridized carbons (Fsp3) is 0.600. The van der Waals surface area contributed by atoms with E-state index in [1.807, 2.05) is 0 Å². The Kier molecular flexibility index (Phi) is 8.38. The van der Waals surface area contributed by atoms with E-state index in [0.29, 0.717) is 0 Å². The number of benzene rings is 2. The van der Waals surface area contributed by atoms with Crippen molar-refractivity contribution in [2.75, 3.05) is 6.16 Å². The molecule has 0 nitrogen and oxygen atoms in total. The molecular weight excluding hydrogens is 422 g/mol. The van der Waals surface area contributed by atoms with Crippen molar-refractivity contribution in [2.45, 2.75) is 100 Å². The third-order valence-corrected chi connectivity index (χ3v) is 15.4. The second-order valence-electron chi connectivity index (χ2n) is 10.6. The lowest BCUT2D eigenvalue weighted by molar-refractivity contribution is 0.475. The van der Waals surface area contributed by atoms with Gasteiger partial charge in [-0.3, -0.25) is 0 Å². The Balaban J connectivity index is 1.40. The molecule has 2 atom stereocenters. The summed E-state index contributed by atoms with van der Waals surface area (Å²) in [6.45, 7) is 0. The van der Waals surface area contributed by atoms with Crippen LogP contribution in [-0.4, -0.2) is 23.1 Å². The third kappa shape index (κ3) is 5.50. The normalized spacial score (nSPS) is 25.6. The summed E-state index contributed by atoms with van der Waals surface area (Å²) in [6, 6.07) is 23.1. The van der Waals surface area contributed by atoms with Gasteiger partial charge in [0.25, 0.3) is 0 Å². The topological polar surface area (TPSA) is 0 Å². The lowest BCUT2D eigenvalue weighted by Crippen LogP contribution is -2.30. The van der Waals surface area contributed by atoms with Crippen molar-refractivity contribution in [1.82, 2.24) is 0 Å². The smallest absolute Gasteiger partial charge is 0.0172 e. The second-order valence-corrected chi connectivity index (χ2v) is 15.8. The zero-order valence-corrected chi connectivity index (χ0v) is 21.7. The molecule has 2 aromatic rings. The van der Waals surface area contributed by atoms with E-state index in [9.17, 15) is 0 Å². The second kappa shape index (κ2) is 11.6. The Morgan fingerprint density at radius 2 is 1.03 bits per heavy atom. The van der Waals surface area contributed by atoms with Gasteiger partial charge in [-0.2, -0.15) is 0 Å². The summed E-state index contributed by atoms with van der Waals surface area (Å²) in [5.74, 6) is 0.969. The Morgan fingerprint density at radius 3 is 1.53 bits per heavy atom. The molecule has 0 radical (unpaired) electrons. The lowest BCUT2D eigenvalue weighted by atomic mass is 9.99. The van der Waals surface area contributed by atoms with Crippen LogP contribution in [0.25, 0.3) is 0 Å². The maximum atomic E-state index is 2.41. The fourth-order valence-corrected chi connectivity index (χ4v) is 14.7. The average molecular weight is 465 g/mol. The highest BCUT2D eigenvalue weighted by Gasteiger charge is 2.42. The van der Waals surface area contributed by atoms with Gasteiger partial charge in [0.1, 0.15) is 0 Å². The van der Waals surface area contributed by atoms with Crippen LogP contribution in [0.2, 0.25) is 0 Å². The molecule has 3 fully saturated rings. The first-order valence-electron chi connectivity index (χ1n) is 13.6. The van der Waals surface area contributed by atoms with Gasteiger partial charge in [0, 0.05) is 0 Å². The van der Waals surface area contributed by atoms with E-state index in [4.69, 9.17) is 0 Å². The molecule has 0 amide bonds. The summed E-state index contributed by atoms with van der Waals surface area (Å²) in [6.07, 6.45) is 21.4. The Morgan fingerprint density at radius 1 is 0.531 bits per heavy atom. The van der Waals surface area contributed by atoms with Crippen molar-refractivity contribution in [3.63, 3.8) is 0 Å². The monoisotopic (exact) mass is 464 g/mol. The van der Waals surface area contributed by atoms with Crippen LogP contribution in [0.5, 0.6) is 0 Å². The first-order valence-corrected chi connectivity index (χ1v) is 16.6. The van der Waals surface area contributed by atoms with E-state index in [-0.39, 0.29) is 15.8 Å². The highest BCUT2D eigenvalue weighted by atomic mass is 31.1. The average Bonchev–Trinajstić information content (AvgIpc) is 3.33. The minimum atomic E-state index is -0.238. The number of hydrogen-bond acceptors (Lipinski definition) is 0. The standard InChI is InChI=1S/C30H42P2/c1-5-15-26(16-6-1)31(27-17-7-2-8-18-27)24-25-14-13-23-30(25)32(28-19-9-3-10-20-28)29-21-11-4-12-22-29/h1-2,5-8,15-18,25,28-30H,3-4,9-14,19-24H2/t25-,30+/m1/s1. The largest absolute Gasteiger partial charge is 0.0969 e. The molecule has 3 aliphatic rings. The molecule has 172 valence electrons. The van der Waals surface area contributed by atoms with Crippen molar-refractivity contribution in [3.8, 4) is 0 Å². The molecule has 3 aliphatic carbocycles. The Bertz CT molecular complexity index is 735. The summed E-state index contributed by atoms with van der Waals surface area (Å²) in [5, 5.41) is 3.19. The van der Waals surface area contributed by atoms with Crippen molar-refractivity contribution in [2.24, 2.45) is 5.92 Å². The van der Waals surface area contributed by atoms with Gasteiger partial charge in [-0.05, 0) is 86.1 Å². The van der Waals surface area contributed by atoms with Gasteiger partial charge in [0.15, 0.2) is 0 Å². The molecule has 0 unspecified atom stereocenters. The first kappa shape index (κ1) is 23.1. The lowest BCUT2D eigenvalue weighted by Gasteiger charge is -2.44. The van der Waals surface area contributed by atoms with Gasteiger partial charge < -0.3 is 0 Å². The SMILES string of the molecule is c1ccc(P(C[C@H]2CCC[C@@H]2P(C2CCCCC2)C2CCCCC2)c2ccccc2)cc1. The number of rotatable bonds is 7. The van der Waals surface area contributed by atoms with Crippen LogP contribution in [0.15, 0.2) is 60.7 Å². The van der Waals surface area contributed by atoms with Crippen LogP contribution in [0.4, 0.5) is 0 Å². The molecule has 2 aromatic carbocycles. The maximum Gasteiger partial charge on any atom is -0.0172 e. The van der Waals surface area contributed by atoms with Gasteiger partial charge in [-0.25, -0.2) is 0 Å². The van der Waals surface area contributed by atoms with E-state index < -0.39 is 0 Å². The summed E-state index contributed by atoms with van der Waals surface area (Å²) < 4.78 is 0. The Labute approximate surface area is 199 Å². The van der Waals surface area contributed by atoms with Gasteiger partial charge in [0.05, 0.1) is 0 Å². The van der Waals surface area contributed by atoms with Gasteiger partial charge in [-0.1, -0.05) is 114 Å². The molecule has 0 spiro atoms. The Hall–Kier alpha value is -0.700. The zero-order valence-electron chi connectivity index (χ0n) is 19.9. The quantitative estimate of drug-likeness (QED) is 0.361.